The molecule has 0 bridgehead atoms. The highest BCUT2D eigenvalue weighted by atomic mass is 16.5. The number of hydrogen-bond donors (Lipinski definition) is 0. The average molecular weight is 239 g/mol. The van der Waals surface area contributed by atoms with Gasteiger partial charge in [-0.1, -0.05) is 6.92 Å². The van der Waals surface area contributed by atoms with Crippen LogP contribution in [0.15, 0.2) is 0 Å². The summed E-state index contributed by atoms with van der Waals surface area (Å²) in [6.07, 6.45) is 7.27. The largest absolute Gasteiger partial charge is 0.453 e. The minimum atomic E-state index is -0.381. The Kier molecular flexibility index (Phi) is 7.87. The molecule has 0 saturated carbocycles. The first-order valence-electron chi connectivity index (χ1n) is 5.79. The third-order valence-electron chi connectivity index (χ3n) is 2.65. The molecule has 0 aromatic carbocycles. The first-order chi connectivity index (χ1) is 8.04. The molecule has 4 nitrogen and oxygen atoms in total. The molecule has 0 spiro atoms. The van der Waals surface area contributed by atoms with Crippen molar-refractivity contribution < 1.29 is 14.3 Å². The SMILES string of the molecule is C#CCC(CCC(=O)CC)CN(C)C(=O)OC. The van der Waals surface area contributed by atoms with E-state index in [2.05, 4.69) is 10.7 Å². The Labute approximate surface area is 103 Å². The van der Waals surface area contributed by atoms with E-state index in [1.54, 1.807) is 7.05 Å². The molecule has 1 unspecified atom stereocenters. The number of terminal acetylenes is 1. The fraction of sp³-hybridized carbons (Fsp3) is 0.692. The van der Waals surface area contributed by atoms with Crippen molar-refractivity contribution >= 4 is 11.9 Å². The third-order valence-corrected chi connectivity index (χ3v) is 2.65. The van der Waals surface area contributed by atoms with E-state index in [1.165, 1.54) is 12.0 Å². The Hall–Kier alpha value is -1.50. The number of rotatable bonds is 7. The number of ketones is 1. The monoisotopic (exact) mass is 239 g/mol. The first-order valence-corrected chi connectivity index (χ1v) is 5.79. The number of hydrogen-bond acceptors (Lipinski definition) is 3. The number of carbonyl (C=O) groups is 2. The summed E-state index contributed by atoms with van der Waals surface area (Å²) in [6, 6.07) is 0. The van der Waals surface area contributed by atoms with Crippen LogP contribution in [0.5, 0.6) is 0 Å². The number of amides is 1. The summed E-state index contributed by atoms with van der Waals surface area (Å²) in [7, 11) is 3.01. The Bertz CT molecular complexity index is 294. The smallest absolute Gasteiger partial charge is 0.409 e. The zero-order valence-electron chi connectivity index (χ0n) is 10.9. The Morgan fingerprint density at radius 3 is 2.59 bits per heavy atom. The summed E-state index contributed by atoms with van der Waals surface area (Å²) in [6.45, 7) is 2.37. The van der Waals surface area contributed by atoms with Crippen LogP contribution in [0.3, 0.4) is 0 Å². The van der Waals surface area contributed by atoms with Crippen molar-refractivity contribution in [2.75, 3.05) is 20.7 Å². The third kappa shape index (κ3) is 6.62. The normalized spacial score (nSPS) is 11.4. The summed E-state index contributed by atoms with van der Waals surface area (Å²) in [5, 5.41) is 0. The van der Waals surface area contributed by atoms with E-state index >= 15 is 0 Å². The van der Waals surface area contributed by atoms with Gasteiger partial charge in [-0.05, 0) is 12.3 Å². The zero-order valence-corrected chi connectivity index (χ0v) is 10.9. The number of Topliss-reactive ketones (excluding diaryl/α,β-unsaturated/α-hetero) is 1. The van der Waals surface area contributed by atoms with Crippen molar-refractivity contribution in [3.8, 4) is 12.3 Å². The van der Waals surface area contributed by atoms with E-state index in [9.17, 15) is 9.59 Å². The highest BCUT2D eigenvalue weighted by Crippen LogP contribution is 2.13. The number of methoxy groups -OCH3 is 1. The molecule has 4 heteroatoms. The van der Waals surface area contributed by atoms with E-state index in [0.29, 0.717) is 25.8 Å². The highest BCUT2D eigenvalue weighted by molar-refractivity contribution is 5.77. The fourth-order valence-corrected chi connectivity index (χ4v) is 1.58. The van der Waals surface area contributed by atoms with Crippen LogP contribution in [0.2, 0.25) is 0 Å². The van der Waals surface area contributed by atoms with Gasteiger partial charge in [-0.15, -0.1) is 12.3 Å². The summed E-state index contributed by atoms with van der Waals surface area (Å²) in [5.41, 5.74) is 0. The van der Waals surface area contributed by atoms with Gasteiger partial charge in [-0.25, -0.2) is 4.79 Å². The topological polar surface area (TPSA) is 46.6 Å². The molecule has 1 amide bonds. The number of ether oxygens (including phenoxy) is 1. The molecule has 0 N–H and O–H groups in total. The van der Waals surface area contributed by atoms with Crippen molar-refractivity contribution in [1.82, 2.24) is 4.90 Å². The second-order valence-corrected chi connectivity index (χ2v) is 4.06. The minimum absolute atomic E-state index is 0.152. The average Bonchev–Trinajstić information content (AvgIpc) is 2.34. The maximum Gasteiger partial charge on any atom is 0.409 e. The molecule has 0 aromatic rings. The standard InChI is InChI=1S/C13H21NO3/c1-5-7-11(8-9-12(15)6-2)10-14(3)13(16)17-4/h1,11H,6-10H2,2-4H3. The fourth-order valence-electron chi connectivity index (χ4n) is 1.58. The minimum Gasteiger partial charge on any atom is -0.453 e. The van der Waals surface area contributed by atoms with Crippen LogP contribution in [0.4, 0.5) is 4.79 Å². The molecule has 1 atom stereocenters. The van der Waals surface area contributed by atoms with Gasteiger partial charge in [0.1, 0.15) is 5.78 Å². The van der Waals surface area contributed by atoms with E-state index in [4.69, 9.17) is 6.42 Å². The van der Waals surface area contributed by atoms with E-state index in [1.807, 2.05) is 6.92 Å². The van der Waals surface area contributed by atoms with Gasteiger partial charge >= 0.3 is 6.09 Å². The van der Waals surface area contributed by atoms with E-state index < -0.39 is 0 Å². The molecule has 0 saturated heterocycles. The molecule has 0 radical (unpaired) electrons. The predicted molar refractivity (Wildman–Crippen MR) is 66.5 cm³/mol. The lowest BCUT2D eigenvalue weighted by Gasteiger charge is -2.21. The zero-order chi connectivity index (χ0) is 13.3. The molecule has 96 valence electrons. The maximum atomic E-state index is 11.2. The van der Waals surface area contributed by atoms with Crippen molar-refractivity contribution in [2.24, 2.45) is 5.92 Å². The van der Waals surface area contributed by atoms with E-state index in [0.717, 1.165) is 6.42 Å². The molecule has 0 aliphatic heterocycles. The molecular formula is C13H21NO3. The van der Waals surface area contributed by atoms with Crippen LogP contribution < -0.4 is 0 Å². The predicted octanol–water partition coefficient (Wildman–Crippen LogP) is 2.08. The molecule has 0 heterocycles. The second-order valence-electron chi connectivity index (χ2n) is 4.06. The molecular weight excluding hydrogens is 218 g/mol. The van der Waals surface area contributed by atoms with Crippen molar-refractivity contribution in [1.29, 1.82) is 0 Å². The first kappa shape index (κ1) is 15.5. The van der Waals surface area contributed by atoms with Gasteiger partial charge in [0.2, 0.25) is 0 Å². The molecule has 0 fully saturated rings. The van der Waals surface area contributed by atoms with Gasteiger partial charge in [0, 0.05) is 32.9 Å². The molecule has 0 aliphatic rings. The van der Waals surface area contributed by atoms with Crippen molar-refractivity contribution in [3.05, 3.63) is 0 Å². The number of carbonyl (C=O) groups excluding carboxylic acids is 2. The van der Waals surface area contributed by atoms with Gasteiger partial charge in [0.15, 0.2) is 0 Å². The van der Waals surface area contributed by atoms with Crippen LogP contribution in [0.25, 0.3) is 0 Å². The van der Waals surface area contributed by atoms with Gasteiger partial charge in [-0.3, -0.25) is 4.79 Å². The van der Waals surface area contributed by atoms with Crippen LogP contribution >= 0.6 is 0 Å². The lowest BCUT2D eigenvalue weighted by molar-refractivity contribution is -0.119. The van der Waals surface area contributed by atoms with Crippen LogP contribution in [-0.2, 0) is 9.53 Å². The second kappa shape index (κ2) is 8.63. The molecule has 0 rings (SSSR count). The molecule has 17 heavy (non-hydrogen) atoms. The lowest BCUT2D eigenvalue weighted by atomic mass is 9.97. The Balaban J connectivity index is 4.19. The summed E-state index contributed by atoms with van der Waals surface area (Å²) in [5.74, 6) is 2.96. The van der Waals surface area contributed by atoms with E-state index in [-0.39, 0.29) is 17.8 Å². The summed E-state index contributed by atoms with van der Waals surface area (Å²) >= 11 is 0. The highest BCUT2D eigenvalue weighted by Gasteiger charge is 2.16. The molecule has 0 aromatic heterocycles. The molecule has 0 aliphatic carbocycles. The van der Waals surface area contributed by atoms with Crippen LogP contribution in [0, 0.1) is 18.3 Å². The van der Waals surface area contributed by atoms with Crippen LogP contribution in [0.1, 0.15) is 32.6 Å². The Morgan fingerprint density at radius 2 is 2.12 bits per heavy atom. The van der Waals surface area contributed by atoms with Gasteiger partial charge in [0.05, 0.1) is 7.11 Å². The number of nitrogens with zero attached hydrogens (tertiary/aromatic N) is 1. The van der Waals surface area contributed by atoms with Gasteiger partial charge in [-0.2, -0.15) is 0 Å². The summed E-state index contributed by atoms with van der Waals surface area (Å²) < 4.78 is 4.61. The van der Waals surface area contributed by atoms with Gasteiger partial charge in [0.25, 0.3) is 0 Å². The van der Waals surface area contributed by atoms with Crippen LogP contribution in [-0.4, -0.2) is 37.5 Å². The van der Waals surface area contributed by atoms with Crippen molar-refractivity contribution in [3.63, 3.8) is 0 Å². The lowest BCUT2D eigenvalue weighted by Crippen LogP contribution is -2.31. The van der Waals surface area contributed by atoms with Crippen molar-refractivity contribution in [2.45, 2.75) is 32.6 Å². The quantitative estimate of drug-likeness (QED) is 0.639. The Morgan fingerprint density at radius 1 is 1.47 bits per heavy atom. The van der Waals surface area contributed by atoms with Gasteiger partial charge < -0.3 is 9.64 Å². The maximum absolute atomic E-state index is 11.2. The summed E-state index contributed by atoms with van der Waals surface area (Å²) in [4.78, 5) is 24.0.